The first kappa shape index (κ1) is 21.1. The largest absolute Gasteiger partial charge is 0.496 e. The maximum absolute atomic E-state index is 6.77. The second-order valence-electron chi connectivity index (χ2n) is 9.41. The molecule has 0 spiro atoms. The molecule has 0 amide bonds. The predicted octanol–water partition coefficient (Wildman–Crippen LogP) is 5.46. The van der Waals surface area contributed by atoms with Crippen LogP contribution in [0.2, 0.25) is 21.8 Å². The first-order chi connectivity index (χ1) is 11.3. The van der Waals surface area contributed by atoms with E-state index in [4.69, 9.17) is 20.9 Å². The molecule has 0 saturated carbocycles. The van der Waals surface area contributed by atoms with Crippen LogP contribution < -0.4 is 5.46 Å². The smallest absolute Gasteiger partial charge is 0.399 e. The maximum atomic E-state index is 6.77. The normalized spacial score (nSPS) is 20.3. The SMILES string of the molecule is CC(C)[Si](C(C)C)(C(C)C)n1cc(B2OC(C)(C)C(C)(C)O2)cc1Cl. The van der Waals surface area contributed by atoms with E-state index in [9.17, 15) is 0 Å². The molecule has 0 radical (unpaired) electrons. The molecular formula is C19H35BClNO2Si. The van der Waals surface area contributed by atoms with Gasteiger partial charge < -0.3 is 13.5 Å². The summed E-state index contributed by atoms with van der Waals surface area (Å²) in [6.45, 7) is 22.4. The minimum absolute atomic E-state index is 0.338. The molecule has 1 aromatic heterocycles. The summed E-state index contributed by atoms with van der Waals surface area (Å²) >= 11 is 6.77. The van der Waals surface area contributed by atoms with E-state index in [-0.39, 0.29) is 18.3 Å². The molecule has 1 aromatic rings. The van der Waals surface area contributed by atoms with Gasteiger partial charge in [-0.1, -0.05) is 53.1 Å². The van der Waals surface area contributed by atoms with Crippen LogP contribution in [0, 0.1) is 0 Å². The Hall–Kier alpha value is -0.228. The molecule has 2 rings (SSSR count). The van der Waals surface area contributed by atoms with Gasteiger partial charge in [0.2, 0.25) is 0 Å². The first-order valence-corrected chi connectivity index (χ1v) is 12.1. The Morgan fingerprint density at radius 2 is 1.32 bits per heavy atom. The zero-order chi connectivity index (χ0) is 19.4. The quantitative estimate of drug-likeness (QED) is 0.630. The highest BCUT2D eigenvalue weighted by Crippen LogP contribution is 2.44. The summed E-state index contributed by atoms with van der Waals surface area (Å²) in [5, 5.41) is 0.812. The minimum atomic E-state index is -1.88. The highest BCUT2D eigenvalue weighted by atomic mass is 35.5. The highest BCUT2D eigenvalue weighted by Gasteiger charge is 2.53. The Morgan fingerprint density at radius 3 is 1.68 bits per heavy atom. The van der Waals surface area contributed by atoms with Gasteiger partial charge in [-0.3, -0.25) is 0 Å². The molecular weight excluding hydrogens is 349 g/mol. The topological polar surface area (TPSA) is 23.4 Å². The van der Waals surface area contributed by atoms with Crippen molar-refractivity contribution in [2.24, 2.45) is 0 Å². The summed E-state index contributed by atoms with van der Waals surface area (Å²) in [5.74, 6) is 0. The number of nitrogens with zero attached hydrogens (tertiary/aromatic N) is 1. The van der Waals surface area contributed by atoms with Crippen LogP contribution in [0.1, 0.15) is 69.2 Å². The Kier molecular flexibility index (Phi) is 5.68. The lowest BCUT2D eigenvalue weighted by atomic mass is 9.81. The fourth-order valence-electron chi connectivity index (χ4n) is 4.69. The van der Waals surface area contributed by atoms with Gasteiger partial charge in [0, 0.05) is 5.46 Å². The van der Waals surface area contributed by atoms with E-state index in [1.807, 2.05) is 6.07 Å². The van der Waals surface area contributed by atoms with E-state index < -0.39 is 8.24 Å². The highest BCUT2D eigenvalue weighted by molar-refractivity contribution is 6.83. The molecule has 25 heavy (non-hydrogen) atoms. The molecule has 142 valence electrons. The van der Waals surface area contributed by atoms with Crippen LogP contribution in [-0.4, -0.2) is 30.8 Å². The van der Waals surface area contributed by atoms with Gasteiger partial charge in [0.1, 0.15) is 5.15 Å². The molecule has 0 N–H and O–H groups in total. The number of rotatable bonds is 5. The van der Waals surface area contributed by atoms with Crippen LogP contribution >= 0.6 is 11.6 Å². The van der Waals surface area contributed by atoms with E-state index in [1.165, 1.54) is 0 Å². The summed E-state index contributed by atoms with van der Waals surface area (Å²) in [7, 11) is -2.24. The Balaban J connectivity index is 2.50. The van der Waals surface area contributed by atoms with Crippen LogP contribution in [0.15, 0.2) is 12.3 Å². The zero-order valence-corrected chi connectivity index (χ0v) is 19.4. The molecule has 2 heterocycles. The lowest BCUT2D eigenvalue weighted by Crippen LogP contribution is -2.52. The van der Waals surface area contributed by atoms with Gasteiger partial charge >= 0.3 is 7.12 Å². The van der Waals surface area contributed by atoms with Crippen molar-refractivity contribution < 1.29 is 9.31 Å². The first-order valence-electron chi connectivity index (χ1n) is 9.51. The van der Waals surface area contributed by atoms with Crippen LogP contribution in [0.25, 0.3) is 0 Å². The molecule has 6 heteroatoms. The fourth-order valence-corrected chi connectivity index (χ4v) is 11.8. The second-order valence-corrected chi connectivity index (χ2v) is 15.5. The van der Waals surface area contributed by atoms with Crippen molar-refractivity contribution in [3.8, 4) is 0 Å². The second kappa shape index (κ2) is 6.74. The Labute approximate surface area is 160 Å². The summed E-state index contributed by atoms with van der Waals surface area (Å²) < 4.78 is 14.9. The predicted molar refractivity (Wildman–Crippen MR) is 112 cm³/mol. The average Bonchev–Trinajstić information content (AvgIpc) is 2.88. The standard InChI is InChI=1S/C19H35BClNO2Si/c1-13(2)25(14(3)4,15(5)6)22-12-16(11-17(22)21)20-23-18(7,8)19(9,10)24-20/h11-15H,1-10H3. The van der Waals surface area contributed by atoms with Crippen LogP contribution in [0.5, 0.6) is 0 Å². The molecule has 1 fully saturated rings. The van der Waals surface area contributed by atoms with Gasteiger partial charge in [-0.15, -0.1) is 0 Å². The van der Waals surface area contributed by atoms with Gasteiger partial charge in [0.15, 0.2) is 8.24 Å². The molecule has 0 bridgehead atoms. The van der Waals surface area contributed by atoms with E-state index in [0.29, 0.717) is 16.6 Å². The molecule has 1 aliphatic heterocycles. The van der Waals surface area contributed by atoms with Crippen molar-refractivity contribution in [3.05, 3.63) is 17.4 Å². The minimum Gasteiger partial charge on any atom is -0.399 e. The molecule has 3 nitrogen and oxygen atoms in total. The van der Waals surface area contributed by atoms with Gasteiger partial charge in [0.05, 0.1) is 11.2 Å². The lowest BCUT2D eigenvalue weighted by molar-refractivity contribution is 0.00578. The third-order valence-corrected chi connectivity index (χ3v) is 13.7. The van der Waals surface area contributed by atoms with Gasteiger partial charge in [-0.05, 0) is 56.6 Å². The molecule has 0 aromatic carbocycles. The van der Waals surface area contributed by atoms with E-state index in [0.717, 1.165) is 10.6 Å². The molecule has 0 atom stereocenters. The van der Waals surface area contributed by atoms with Gasteiger partial charge in [-0.2, -0.15) is 0 Å². The number of halogens is 1. The third kappa shape index (κ3) is 3.26. The Morgan fingerprint density at radius 1 is 0.920 bits per heavy atom. The number of hydrogen-bond acceptors (Lipinski definition) is 2. The van der Waals surface area contributed by atoms with Crippen molar-refractivity contribution >= 4 is 32.4 Å². The van der Waals surface area contributed by atoms with Crippen molar-refractivity contribution in [1.82, 2.24) is 4.23 Å². The van der Waals surface area contributed by atoms with Crippen LogP contribution in [0.3, 0.4) is 0 Å². The third-order valence-electron chi connectivity index (χ3n) is 6.51. The van der Waals surface area contributed by atoms with E-state index in [2.05, 4.69) is 79.7 Å². The van der Waals surface area contributed by atoms with E-state index in [1.54, 1.807) is 0 Å². The lowest BCUT2D eigenvalue weighted by Gasteiger charge is -2.44. The van der Waals surface area contributed by atoms with E-state index >= 15 is 0 Å². The monoisotopic (exact) mass is 383 g/mol. The summed E-state index contributed by atoms with van der Waals surface area (Å²) in [6, 6.07) is 2.04. The summed E-state index contributed by atoms with van der Waals surface area (Å²) in [6.07, 6.45) is 2.21. The van der Waals surface area contributed by atoms with Crippen molar-refractivity contribution in [2.75, 3.05) is 0 Å². The van der Waals surface area contributed by atoms with Gasteiger partial charge in [0.25, 0.3) is 0 Å². The van der Waals surface area contributed by atoms with Crippen molar-refractivity contribution in [3.63, 3.8) is 0 Å². The molecule has 0 aliphatic carbocycles. The average molecular weight is 384 g/mol. The van der Waals surface area contributed by atoms with Crippen molar-refractivity contribution in [2.45, 2.75) is 97.1 Å². The van der Waals surface area contributed by atoms with Crippen LogP contribution in [-0.2, 0) is 9.31 Å². The van der Waals surface area contributed by atoms with Crippen LogP contribution in [0.4, 0.5) is 0 Å². The maximum Gasteiger partial charge on any atom is 0.496 e. The fraction of sp³-hybridized carbons (Fsp3) is 0.789. The molecule has 0 unspecified atom stereocenters. The summed E-state index contributed by atoms with van der Waals surface area (Å²) in [4.78, 5) is 0. The zero-order valence-electron chi connectivity index (χ0n) is 17.6. The number of hydrogen-bond donors (Lipinski definition) is 0. The number of aromatic nitrogens is 1. The molecule has 1 aliphatic rings. The van der Waals surface area contributed by atoms with Gasteiger partial charge in [-0.25, -0.2) is 0 Å². The Bertz CT molecular complexity index is 587. The molecule has 1 saturated heterocycles. The van der Waals surface area contributed by atoms with Crippen molar-refractivity contribution in [1.29, 1.82) is 0 Å². The summed E-state index contributed by atoms with van der Waals surface area (Å²) in [5.41, 5.74) is 2.11.